The molecule has 0 heterocycles. The van der Waals surface area contributed by atoms with E-state index in [9.17, 15) is 9.59 Å². The molecule has 2 rings (SSSR count). The molecule has 0 aliphatic carbocycles. The maximum atomic E-state index is 12.6. The van der Waals surface area contributed by atoms with E-state index in [0.29, 0.717) is 0 Å². The number of para-hydroxylation sites is 1. The summed E-state index contributed by atoms with van der Waals surface area (Å²) in [5.74, 6) is -0.0887. The summed E-state index contributed by atoms with van der Waals surface area (Å²) in [6, 6.07) is 11.9. The van der Waals surface area contributed by atoms with Crippen LogP contribution < -0.4 is 10.2 Å². The molecule has 0 spiro atoms. The van der Waals surface area contributed by atoms with Gasteiger partial charge in [0.25, 0.3) is 0 Å². The Hall–Kier alpha value is -2.62. The van der Waals surface area contributed by atoms with Gasteiger partial charge in [-0.3, -0.25) is 9.59 Å². The van der Waals surface area contributed by atoms with Crippen molar-refractivity contribution in [1.82, 2.24) is 0 Å². The Labute approximate surface area is 156 Å². The van der Waals surface area contributed by atoms with Gasteiger partial charge in [0, 0.05) is 12.6 Å². The highest BCUT2D eigenvalue weighted by Crippen LogP contribution is 2.31. The first kappa shape index (κ1) is 19.7. The van der Waals surface area contributed by atoms with Crippen molar-refractivity contribution in [2.75, 3.05) is 16.8 Å². The average Bonchev–Trinajstić information content (AvgIpc) is 2.51. The first-order chi connectivity index (χ1) is 12.2. The number of benzene rings is 2. The Morgan fingerprint density at radius 2 is 1.65 bits per heavy atom. The SMILES string of the molecule is CC(=O)N(CC(=O)Nc1cc(C)cc(C)c1)c1c(C)cccc1C(C)C. The van der Waals surface area contributed by atoms with E-state index in [4.69, 9.17) is 0 Å². The van der Waals surface area contributed by atoms with Crippen LogP contribution in [0.25, 0.3) is 0 Å². The molecular formula is C22H28N2O2. The molecule has 2 aromatic carbocycles. The fourth-order valence-corrected chi connectivity index (χ4v) is 3.26. The predicted octanol–water partition coefficient (Wildman–Crippen LogP) is 4.73. The van der Waals surface area contributed by atoms with Crippen LogP contribution in [0.4, 0.5) is 11.4 Å². The zero-order chi connectivity index (χ0) is 19.4. The van der Waals surface area contributed by atoms with Gasteiger partial charge in [0.2, 0.25) is 11.8 Å². The molecule has 138 valence electrons. The molecule has 0 saturated carbocycles. The third-order valence-corrected chi connectivity index (χ3v) is 4.35. The molecule has 4 heteroatoms. The minimum Gasteiger partial charge on any atom is -0.325 e. The van der Waals surface area contributed by atoms with Crippen LogP contribution >= 0.6 is 0 Å². The lowest BCUT2D eigenvalue weighted by Crippen LogP contribution is -2.37. The van der Waals surface area contributed by atoms with Crippen LogP contribution in [0.1, 0.15) is 48.9 Å². The van der Waals surface area contributed by atoms with E-state index in [1.165, 1.54) is 6.92 Å². The standard InChI is InChI=1S/C22H28N2O2/c1-14(2)20-9-7-8-17(5)22(20)24(18(6)25)13-21(26)23-19-11-15(3)10-16(4)12-19/h7-12,14H,13H2,1-6H3,(H,23,26). The molecule has 0 aromatic heterocycles. The van der Waals surface area contributed by atoms with E-state index in [2.05, 4.69) is 25.2 Å². The molecular weight excluding hydrogens is 324 g/mol. The second kappa shape index (κ2) is 8.17. The van der Waals surface area contributed by atoms with Crippen LogP contribution in [0, 0.1) is 20.8 Å². The van der Waals surface area contributed by atoms with Crippen molar-refractivity contribution in [1.29, 1.82) is 0 Å². The Bertz CT molecular complexity index is 805. The van der Waals surface area contributed by atoms with Crippen LogP contribution in [-0.2, 0) is 9.59 Å². The van der Waals surface area contributed by atoms with Crippen molar-refractivity contribution in [2.24, 2.45) is 0 Å². The van der Waals surface area contributed by atoms with Gasteiger partial charge in [-0.25, -0.2) is 0 Å². The van der Waals surface area contributed by atoms with Gasteiger partial charge < -0.3 is 10.2 Å². The van der Waals surface area contributed by atoms with Crippen LogP contribution in [0.3, 0.4) is 0 Å². The largest absolute Gasteiger partial charge is 0.325 e. The third kappa shape index (κ3) is 4.72. The summed E-state index contributed by atoms with van der Waals surface area (Å²) in [7, 11) is 0. The number of rotatable bonds is 5. The fraction of sp³-hybridized carbons (Fsp3) is 0.364. The number of carbonyl (C=O) groups excluding carboxylic acids is 2. The summed E-state index contributed by atoms with van der Waals surface area (Å²) in [6.45, 7) is 11.6. The highest BCUT2D eigenvalue weighted by Gasteiger charge is 2.21. The van der Waals surface area contributed by atoms with Gasteiger partial charge in [-0.05, 0) is 61.1 Å². The monoisotopic (exact) mass is 352 g/mol. The summed E-state index contributed by atoms with van der Waals surface area (Å²) in [4.78, 5) is 26.5. The van der Waals surface area contributed by atoms with E-state index in [0.717, 1.165) is 33.6 Å². The van der Waals surface area contributed by atoms with Crippen LogP contribution in [0.5, 0.6) is 0 Å². The fourth-order valence-electron chi connectivity index (χ4n) is 3.26. The number of anilines is 2. The molecule has 2 amide bonds. The molecule has 0 saturated heterocycles. The van der Waals surface area contributed by atoms with Crippen LogP contribution in [0.2, 0.25) is 0 Å². The molecule has 2 aromatic rings. The van der Waals surface area contributed by atoms with Crippen molar-refractivity contribution >= 4 is 23.2 Å². The number of hydrogen-bond donors (Lipinski definition) is 1. The first-order valence-electron chi connectivity index (χ1n) is 8.94. The van der Waals surface area contributed by atoms with E-state index in [1.807, 2.05) is 51.1 Å². The summed E-state index contributed by atoms with van der Waals surface area (Å²) in [5, 5.41) is 2.91. The minimum absolute atomic E-state index is 0.00705. The maximum Gasteiger partial charge on any atom is 0.244 e. The van der Waals surface area contributed by atoms with Gasteiger partial charge in [-0.2, -0.15) is 0 Å². The van der Waals surface area contributed by atoms with E-state index >= 15 is 0 Å². The molecule has 0 bridgehead atoms. The summed E-state index contributed by atoms with van der Waals surface area (Å²) in [5.41, 5.74) is 5.83. The number of aryl methyl sites for hydroxylation is 3. The van der Waals surface area contributed by atoms with Gasteiger partial charge in [0.1, 0.15) is 6.54 Å². The summed E-state index contributed by atoms with van der Waals surface area (Å²) < 4.78 is 0. The molecule has 26 heavy (non-hydrogen) atoms. The smallest absolute Gasteiger partial charge is 0.244 e. The normalized spacial score (nSPS) is 10.7. The predicted molar refractivity (Wildman–Crippen MR) is 108 cm³/mol. The molecule has 0 atom stereocenters. The minimum atomic E-state index is -0.205. The molecule has 0 radical (unpaired) electrons. The molecule has 4 nitrogen and oxygen atoms in total. The Kier molecular flexibility index (Phi) is 6.19. The topological polar surface area (TPSA) is 49.4 Å². The first-order valence-corrected chi connectivity index (χ1v) is 8.94. The van der Waals surface area contributed by atoms with E-state index in [-0.39, 0.29) is 24.3 Å². The second-order valence-electron chi connectivity index (χ2n) is 7.20. The number of nitrogens with zero attached hydrogens (tertiary/aromatic N) is 1. The molecule has 0 aliphatic heterocycles. The zero-order valence-electron chi connectivity index (χ0n) is 16.5. The molecule has 1 N–H and O–H groups in total. The van der Waals surface area contributed by atoms with Crippen molar-refractivity contribution in [3.05, 3.63) is 58.7 Å². The van der Waals surface area contributed by atoms with Gasteiger partial charge >= 0.3 is 0 Å². The van der Waals surface area contributed by atoms with Gasteiger partial charge in [-0.15, -0.1) is 0 Å². The Balaban J connectivity index is 2.29. The number of amides is 2. The van der Waals surface area contributed by atoms with Gasteiger partial charge in [0.15, 0.2) is 0 Å². The van der Waals surface area contributed by atoms with Gasteiger partial charge in [0.05, 0.1) is 5.69 Å². The van der Waals surface area contributed by atoms with Crippen molar-refractivity contribution in [3.8, 4) is 0 Å². The lowest BCUT2D eigenvalue weighted by molar-refractivity contribution is -0.120. The molecule has 0 fully saturated rings. The summed E-state index contributed by atoms with van der Waals surface area (Å²) >= 11 is 0. The van der Waals surface area contributed by atoms with E-state index in [1.54, 1.807) is 4.90 Å². The second-order valence-corrected chi connectivity index (χ2v) is 7.20. The number of carbonyl (C=O) groups is 2. The van der Waals surface area contributed by atoms with Crippen molar-refractivity contribution < 1.29 is 9.59 Å². The van der Waals surface area contributed by atoms with Crippen LogP contribution in [0.15, 0.2) is 36.4 Å². The summed E-state index contributed by atoms with van der Waals surface area (Å²) in [6.07, 6.45) is 0. The molecule has 0 unspecified atom stereocenters. The van der Waals surface area contributed by atoms with E-state index < -0.39 is 0 Å². The van der Waals surface area contributed by atoms with Gasteiger partial charge in [-0.1, -0.05) is 38.1 Å². The number of hydrogen-bond acceptors (Lipinski definition) is 2. The number of nitrogens with one attached hydrogen (secondary N) is 1. The van der Waals surface area contributed by atoms with Crippen LogP contribution in [-0.4, -0.2) is 18.4 Å². The third-order valence-electron chi connectivity index (χ3n) is 4.35. The van der Waals surface area contributed by atoms with Crippen molar-refractivity contribution in [3.63, 3.8) is 0 Å². The Morgan fingerprint density at radius 3 is 2.19 bits per heavy atom. The van der Waals surface area contributed by atoms with Crippen molar-refractivity contribution in [2.45, 2.75) is 47.5 Å². The zero-order valence-corrected chi connectivity index (χ0v) is 16.5. The molecule has 0 aliphatic rings. The highest BCUT2D eigenvalue weighted by atomic mass is 16.2. The Morgan fingerprint density at radius 1 is 1.04 bits per heavy atom. The average molecular weight is 352 g/mol. The lowest BCUT2D eigenvalue weighted by Gasteiger charge is -2.27. The lowest BCUT2D eigenvalue weighted by atomic mass is 9.97. The highest BCUT2D eigenvalue weighted by molar-refractivity contribution is 6.02. The maximum absolute atomic E-state index is 12.6. The quantitative estimate of drug-likeness (QED) is 0.846.